The highest BCUT2D eigenvalue weighted by molar-refractivity contribution is 5.93. The van der Waals surface area contributed by atoms with E-state index in [0.717, 1.165) is 5.56 Å². The van der Waals surface area contributed by atoms with Gasteiger partial charge in [-0.1, -0.05) is 31.5 Å². The fourth-order valence-electron chi connectivity index (χ4n) is 2.10. The summed E-state index contributed by atoms with van der Waals surface area (Å²) in [4.78, 5) is 23.5. The third kappa shape index (κ3) is 3.11. The molecule has 0 aromatic heterocycles. The van der Waals surface area contributed by atoms with Gasteiger partial charge in [-0.3, -0.25) is 4.79 Å². The topological polar surface area (TPSA) is 43.4 Å². The second-order valence-corrected chi connectivity index (χ2v) is 5.24. The van der Waals surface area contributed by atoms with Crippen molar-refractivity contribution in [3.63, 3.8) is 0 Å². The van der Waals surface area contributed by atoms with E-state index >= 15 is 0 Å². The number of aryl methyl sites for hydroxylation is 1. The molecular weight excluding hydrogens is 240 g/mol. The molecule has 0 fully saturated rings. The molecule has 19 heavy (non-hydrogen) atoms. The smallest absolute Gasteiger partial charge is 0.343 e. The minimum absolute atomic E-state index is 0.0253. The third-order valence-corrected chi connectivity index (χ3v) is 3.63. The van der Waals surface area contributed by atoms with E-state index in [1.807, 2.05) is 32.9 Å². The van der Waals surface area contributed by atoms with Crippen LogP contribution in [-0.2, 0) is 9.53 Å². The summed E-state index contributed by atoms with van der Waals surface area (Å²) < 4.78 is 5.37. The van der Waals surface area contributed by atoms with Gasteiger partial charge in [0.15, 0.2) is 5.78 Å². The average Bonchev–Trinajstić information content (AvgIpc) is 2.36. The number of hydrogen-bond donors (Lipinski definition) is 0. The van der Waals surface area contributed by atoms with Crippen molar-refractivity contribution in [3.05, 3.63) is 47.2 Å². The van der Waals surface area contributed by atoms with Crippen LogP contribution in [0.25, 0.3) is 0 Å². The molecule has 0 bridgehead atoms. The Labute approximate surface area is 113 Å². The maximum atomic E-state index is 12.0. The fraction of sp³-hybridized carbons (Fsp3) is 0.375. The lowest BCUT2D eigenvalue weighted by atomic mass is 9.84. The van der Waals surface area contributed by atoms with Gasteiger partial charge in [-0.15, -0.1) is 0 Å². The fourth-order valence-corrected chi connectivity index (χ4v) is 2.10. The lowest BCUT2D eigenvalue weighted by Crippen LogP contribution is -2.23. The summed E-state index contributed by atoms with van der Waals surface area (Å²) in [5.74, 6) is 0.400. The van der Waals surface area contributed by atoms with Crippen molar-refractivity contribution in [1.82, 2.24) is 0 Å². The van der Waals surface area contributed by atoms with E-state index in [-0.39, 0.29) is 17.6 Å². The lowest BCUT2D eigenvalue weighted by molar-refractivity contribution is -0.116. The van der Waals surface area contributed by atoms with Gasteiger partial charge in [-0.25, -0.2) is 4.79 Å². The molecule has 2 unspecified atom stereocenters. The Morgan fingerprint density at radius 3 is 2.47 bits per heavy atom. The zero-order valence-corrected chi connectivity index (χ0v) is 11.5. The van der Waals surface area contributed by atoms with Gasteiger partial charge in [0.1, 0.15) is 5.76 Å². The molecule has 3 heteroatoms. The number of ether oxygens (including phenoxy) is 1. The number of allylic oxidation sites excluding steroid dienone is 2. The van der Waals surface area contributed by atoms with Crippen LogP contribution in [0.4, 0.5) is 0 Å². The molecule has 0 heterocycles. The van der Waals surface area contributed by atoms with Crippen LogP contribution in [0, 0.1) is 18.8 Å². The van der Waals surface area contributed by atoms with Crippen LogP contribution in [0.5, 0.6) is 0 Å². The van der Waals surface area contributed by atoms with Crippen molar-refractivity contribution in [2.75, 3.05) is 0 Å². The van der Waals surface area contributed by atoms with E-state index in [9.17, 15) is 9.59 Å². The van der Waals surface area contributed by atoms with Gasteiger partial charge in [-0.2, -0.15) is 0 Å². The van der Waals surface area contributed by atoms with Crippen LogP contribution in [0.2, 0.25) is 0 Å². The first-order valence-electron chi connectivity index (χ1n) is 6.50. The van der Waals surface area contributed by atoms with Crippen LogP contribution in [0.1, 0.15) is 36.2 Å². The van der Waals surface area contributed by atoms with E-state index in [4.69, 9.17) is 4.74 Å². The van der Waals surface area contributed by atoms with Crippen molar-refractivity contribution >= 4 is 11.8 Å². The minimum Gasteiger partial charge on any atom is -0.427 e. The summed E-state index contributed by atoms with van der Waals surface area (Å²) in [5, 5.41) is 0. The number of carbonyl (C=O) groups excluding carboxylic acids is 2. The molecule has 2 rings (SSSR count). The van der Waals surface area contributed by atoms with Crippen LogP contribution in [0.3, 0.4) is 0 Å². The van der Waals surface area contributed by atoms with Crippen molar-refractivity contribution in [1.29, 1.82) is 0 Å². The predicted octanol–water partition coefficient (Wildman–Crippen LogP) is 3.28. The molecule has 1 aliphatic rings. The number of hydrogen-bond acceptors (Lipinski definition) is 3. The van der Waals surface area contributed by atoms with Gasteiger partial charge < -0.3 is 4.74 Å². The molecule has 2 atom stereocenters. The Morgan fingerprint density at radius 1 is 1.21 bits per heavy atom. The number of rotatable bonds is 2. The molecule has 1 aliphatic carbocycles. The monoisotopic (exact) mass is 258 g/mol. The van der Waals surface area contributed by atoms with Gasteiger partial charge in [0.05, 0.1) is 5.56 Å². The molecule has 0 N–H and O–H groups in total. The maximum Gasteiger partial charge on any atom is 0.343 e. The molecule has 0 saturated carbocycles. The van der Waals surface area contributed by atoms with E-state index in [2.05, 4.69) is 0 Å². The van der Waals surface area contributed by atoms with Crippen molar-refractivity contribution in [2.24, 2.45) is 11.8 Å². The number of esters is 1. The predicted molar refractivity (Wildman–Crippen MR) is 72.6 cm³/mol. The van der Waals surface area contributed by atoms with Gasteiger partial charge >= 0.3 is 5.97 Å². The molecule has 1 aromatic carbocycles. The first-order chi connectivity index (χ1) is 8.97. The summed E-state index contributed by atoms with van der Waals surface area (Å²) in [6, 6.07) is 7.19. The highest BCUT2D eigenvalue weighted by Gasteiger charge is 2.27. The molecule has 0 spiro atoms. The normalized spacial score (nSPS) is 22.9. The van der Waals surface area contributed by atoms with Crippen LogP contribution >= 0.6 is 0 Å². The highest BCUT2D eigenvalue weighted by Crippen LogP contribution is 2.29. The van der Waals surface area contributed by atoms with E-state index < -0.39 is 5.97 Å². The Kier molecular flexibility index (Phi) is 3.84. The molecule has 1 aromatic rings. The van der Waals surface area contributed by atoms with Crippen molar-refractivity contribution in [2.45, 2.75) is 27.2 Å². The quantitative estimate of drug-likeness (QED) is 0.764. The van der Waals surface area contributed by atoms with Crippen LogP contribution in [0.15, 0.2) is 36.1 Å². The van der Waals surface area contributed by atoms with Crippen molar-refractivity contribution in [3.8, 4) is 0 Å². The van der Waals surface area contributed by atoms with E-state index in [1.165, 1.54) is 6.08 Å². The van der Waals surface area contributed by atoms with E-state index in [0.29, 0.717) is 17.7 Å². The summed E-state index contributed by atoms with van der Waals surface area (Å²) in [6.07, 6.45) is 1.98. The third-order valence-electron chi connectivity index (χ3n) is 3.63. The molecule has 3 nitrogen and oxygen atoms in total. The van der Waals surface area contributed by atoms with Gasteiger partial charge in [-0.05, 0) is 25.0 Å². The van der Waals surface area contributed by atoms with Crippen LogP contribution in [-0.4, -0.2) is 11.8 Å². The van der Waals surface area contributed by atoms with Crippen molar-refractivity contribution < 1.29 is 14.3 Å². The number of benzene rings is 1. The maximum absolute atomic E-state index is 12.0. The Balaban J connectivity index is 2.14. The first kappa shape index (κ1) is 13.5. The van der Waals surface area contributed by atoms with Crippen LogP contribution < -0.4 is 0 Å². The number of ketones is 1. The second kappa shape index (κ2) is 5.39. The highest BCUT2D eigenvalue weighted by atomic mass is 16.5. The Hall–Kier alpha value is -1.90. The molecule has 0 radical (unpaired) electrons. The Bertz CT molecular complexity index is 525. The SMILES string of the molecule is Cc1ccc(C(=O)OC2=CC(=O)CC(C)C2C)cc1. The molecule has 0 aliphatic heterocycles. The minimum atomic E-state index is -0.403. The summed E-state index contributed by atoms with van der Waals surface area (Å²) >= 11 is 0. The zero-order chi connectivity index (χ0) is 14.0. The van der Waals surface area contributed by atoms with Gasteiger partial charge in [0, 0.05) is 18.4 Å². The standard InChI is InChI=1S/C16H18O3/c1-10-4-6-13(7-5-10)16(18)19-15-9-14(17)8-11(2)12(15)3/h4-7,9,11-12H,8H2,1-3H3. The zero-order valence-electron chi connectivity index (χ0n) is 11.5. The first-order valence-corrected chi connectivity index (χ1v) is 6.50. The Morgan fingerprint density at radius 2 is 1.84 bits per heavy atom. The summed E-state index contributed by atoms with van der Waals surface area (Å²) in [7, 11) is 0. The summed E-state index contributed by atoms with van der Waals surface area (Å²) in [5.41, 5.74) is 1.59. The molecule has 100 valence electrons. The molecule has 0 amide bonds. The van der Waals surface area contributed by atoms with Gasteiger partial charge in [0.25, 0.3) is 0 Å². The lowest BCUT2D eigenvalue weighted by Gasteiger charge is -2.25. The molecule has 0 saturated heterocycles. The number of carbonyl (C=O) groups is 2. The summed E-state index contributed by atoms with van der Waals surface area (Å²) in [6.45, 7) is 5.93. The second-order valence-electron chi connectivity index (χ2n) is 5.24. The largest absolute Gasteiger partial charge is 0.427 e. The average molecular weight is 258 g/mol. The van der Waals surface area contributed by atoms with Gasteiger partial charge in [0.2, 0.25) is 0 Å². The van der Waals surface area contributed by atoms with E-state index in [1.54, 1.807) is 12.1 Å². The molecular formula is C16H18O3.